The van der Waals surface area contributed by atoms with Crippen molar-refractivity contribution in [3.63, 3.8) is 0 Å². The van der Waals surface area contributed by atoms with Crippen LogP contribution in [0.2, 0.25) is 0 Å². The number of imidazole rings is 1. The number of nitrogens with zero attached hydrogens (tertiary/aromatic N) is 4. The van der Waals surface area contributed by atoms with Gasteiger partial charge in [0.15, 0.2) is 5.65 Å². The Morgan fingerprint density at radius 2 is 1.93 bits per heavy atom. The predicted octanol–water partition coefficient (Wildman–Crippen LogP) is 3.52. The number of hydrogen-bond donors (Lipinski definition) is 1. The number of hydrogen-bond acceptors (Lipinski definition) is 4. The van der Waals surface area contributed by atoms with Gasteiger partial charge in [-0.2, -0.15) is 0 Å². The van der Waals surface area contributed by atoms with Crippen molar-refractivity contribution in [2.75, 3.05) is 25.0 Å². The Hall–Kier alpha value is -2.89. The molecule has 3 heterocycles. The topological polar surface area (TPSA) is 62.5 Å². The van der Waals surface area contributed by atoms with Gasteiger partial charge in [-0.05, 0) is 26.2 Å². The number of carbonyl (C=O) groups excluding carboxylic acids is 1. The van der Waals surface area contributed by atoms with Crippen molar-refractivity contribution in [3.05, 3.63) is 48.4 Å². The molecule has 0 unspecified atom stereocenters. The van der Waals surface area contributed by atoms with Crippen LogP contribution in [-0.2, 0) is 4.79 Å². The Kier molecular flexibility index (Phi) is 5.05. The summed E-state index contributed by atoms with van der Waals surface area (Å²) in [5.74, 6) is 1.14. The number of amides is 1. The number of aromatic nitrogens is 3. The fourth-order valence-electron chi connectivity index (χ4n) is 3.58. The highest BCUT2D eigenvalue weighted by atomic mass is 16.2. The zero-order chi connectivity index (χ0) is 18.6. The van der Waals surface area contributed by atoms with Gasteiger partial charge in [0.05, 0.1) is 6.20 Å². The van der Waals surface area contributed by atoms with E-state index in [0.717, 1.165) is 48.7 Å². The van der Waals surface area contributed by atoms with Gasteiger partial charge in [-0.1, -0.05) is 29.8 Å². The highest BCUT2D eigenvalue weighted by Gasteiger charge is 2.17. The van der Waals surface area contributed by atoms with E-state index < -0.39 is 0 Å². The summed E-state index contributed by atoms with van der Waals surface area (Å²) < 4.78 is 1.99. The molecule has 1 aliphatic heterocycles. The predicted molar refractivity (Wildman–Crippen MR) is 107 cm³/mol. The maximum atomic E-state index is 12.4. The molecule has 4 rings (SSSR count). The molecule has 6 nitrogen and oxygen atoms in total. The van der Waals surface area contributed by atoms with Crippen molar-refractivity contribution >= 4 is 17.4 Å². The average Bonchev–Trinajstić information content (AvgIpc) is 3.08. The van der Waals surface area contributed by atoms with Gasteiger partial charge in [0.25, 0.3) is 0 Å². The Labute approximate surface area is 159 Å². The summed E-state index contributed by atoms with van der Waals surface area (Å²) in [6.07, 6.45) is 9.37. The van der Waals surface area contributed by atoms with Crippen LogP contribution >= 0.6 is 0 Å². The van der Waals surface area contributed by atoms with Crippen LogP contribution in [0.3, 0.4) is 0 Å². The Morgan fingerprint density at radius 1 is 1.15 bits per heavy atom. The van der Waals surface area contributed by atoms with E-state index in [1.54, 1.807) is 12.4 Å². The zero-order valence-corrected chi connectivity index (χ0v) is 15.7. The second-order valence-corrected chi connectivity index (χ2v) is 7.10. The van der Waals surface area contributed by atoms with Crippen molar-refractivity contribution in [3.8, 4) is 11.3 Å². The van der Waals surface area contributed by atoms with E-state index >= 15 is 0 Å². The van der Waals surface area contributed by atoms with Crippen LogP contribution in [0.15, 0.2) is 42.9 Å². The van der Waals surface area contributed by atoms with Gasteiger partial charge in [0, 0.05) is 44.0 Å². The van der Waals surface area contributed by atoms with E-state index in [0.29, 0.717) is 13.0 Å². The van der Waals surface area contributed by atoms with E-state index in [1.807, 2.05) is 15.5 Å². The molecule has 0 atom stereocenters. The average molecular weight is 363 g/mol. The summed E-state index contributed by atoms with van der Waals surface area (Å²) >= 11 is 0. The lowest BCUT2D eigenvalue weighted by atomic mass is 10.1. The molecule has 1 fully saturated rings. The molecule has 1 N–H and O–H groups in total. The lowest BCUT2D eigenvalue weighted by Gasteiger charge is -2.26. The second-order valence-electron chi connectivity index (χ2n) is 7.10. The first-order chi connectivity index (χ1) is 13.2. The molecule has 3 aromatic rings. The standard InChI is InChI=1S/C21H25N5O/c1-16-5-7-17(8-6-16)20-21(26-14-11-22-15-18(26)24-20)23-10-9-19(27)25-12-3-2-4-13-25/h5-8,11,14-15,23H,2-4,9-10,12-13H2,1H3. The lowest BCUT2D eigenvalue weighted by molar-refractivity contribution is -0.131. The number of carbonyl (C=O) groups is 1. The summed E-state index contributed by atoms with van der Waals surface area (Å²) in [5.41, 5.74) is 3.94. The molecule has 27 heavy (non-hydrogen) atoms. The Balaban J connectivity index is 1.54. The van der Waals surface area contributed by atoms with Gasteiger partial charge in [0.1, 0.15) is 11.5 Å². The first-order valence-corrected chi connectivity index (χ1v) is 9.63. The SMILES string of the molecule is Cc1ccc(-c2nc3cnccn3c2NCCC(=O)N2CCCCC2)cc1. The maximum absolute atomic E-state index is 12.4. The van der Waals surface area contributed by atoms with Gasteiger partial charge in [-0.15, -0.1) is 0 Å². The van der Waals surface area contributed by atoms with Crippen molar-refractivity contribution < 1.29 is 4.79 Å². The number of rotatable bonds is 5. The van der Waals surface area contributed by atoms with E-state index in [4.69, 9.17) is 4.98 Å². The summed E-state index contributed by atoms with van der Waals surface area (Å²) in [7, 11) is 0. The van der Waals surface area contributed by atoms with Crippen molar-refractivity contribution in [2.45, 2.75) is 32.6 Å². The molecule has 0 bridgehead atoms. The monoisotopic (exact) mass is 363 g/mol. The third-order valence-corrected chi connectivity index (χ3v) is 5.10. The molecule has 1 amide bonds. The number of piperidine rings is 1. The number of likely N-dealkylation sites (tertiary alicyclic amines) is 1. The van der Waals surface area contributed by atoms with Gasteiger partial charge in [-0.25, -0.2) is 4.98 Å². The van der Waals surface area contributed by atoms with Crippen LogP contribution in [0.4, 0.5) is 5.82 Å². The van der Waals surface area contributed by atoms with Crippen LogP contribution in [0, 0.1) is 6.92 Å². The Morgan fingerprint density at radius 3 is 2.70 bits per heavy atom. The van der Waals surface area contributed by atoms with E-state index in [9.17, 15) is 4.79 Å². The number of fused-ring (bicyclic) bond motifs is 1. The molecule has 140 valence electrons. The van der Waals surface area contributed by atoms with Crippen LogP contribution < -0.4 is 5.32 Å². The van der Waals surface area contributed by atoms with Crippen molar-refractivity contribution in [1.29, 1.82) is 0 Å². The molecular formula is C21H25N5O. The first kappa shape index (κ1) is 17.5. The molecular weight excluding hydrogens is 338 g/mol. The van der Waals surface area contributed by atoms with Gasteiger partial charge < -0.3 is 10.2 Å². The molecule has 1 aromatic carbocycles. The summed E-state index contributed by atoms with van der Waals surface area (Å²) in [6.45, 7) is 4.45. The minimum Gasteiger partial charge on any atom is -0.369 e. The molecule has 1 saturated heterocycles. The normalized spacial score (nSPS) is 14.5. The fraction of sp³-hybridized carbons (Fsp3) is 0.381. The number of aryl methyl sites for hydroxylation is 1. The van der Waals surface area contributed by atoms with Crippen molar-refractivity contribution in [2.24, 2.45) is 0 Å². The van der Waals surface area contributed by atoms with Crippen molar-refractivity contribution in [1.82, 2.24) is 19.3 Å². The fourth-order valence-corrected chi connectivity index (χ4v) is 3.58. The minimum atomic E-state index is 0.231. The van der Waals surface area contributed by atoms with Crippen LogP contribution in [0.25, 0.3) is 16.9 Å². The van der Waals surface area contributed by atoms with E-state index in [1.165, 1.54) is 12.0 Å². The largest absolute Gasteiger partial charge is 0.369 e. The number of anilines is 1. The van der Waals surface area contributed by atoms with Gasteiger partial charge in [0.2, 0.25) is 5.91 Å². The quantitative estimate of drug-likeness (QED) is 0.753. The smallest absolute Gasteiger partial charge is 0.224 e. The molecule has 0 aliphatic carbocycles. The molecule has 2 aromatic heterocycles. The number of benzene rings is 1. The molecule has 0 spiro atoms. The highest BCUT2D eigenvalue weighted by molar-refractivity contribution is 5.79. The molecule has 1 aliphatic rings. The van der Waals surface area contributed by atoms with Crippen LogP contribution in [0.1, 0.15) is 31.2 Å². The molecule has 6 heteroatoms. The lowest BCUT2D eigenvalue weighted by Crippen LogP contribution is -2.36. The third-order valence-electron chi connectivity index (χ3n) is 5.10. The molecule has 0 radical (unpaired) electrons. The van der Waals surface area contributed by atoms with E-state index in [2.05, 4.69) is 41.5 Å². The van der Waals surface area contributed by atoms with Crippen LogP contribution in [-0.4, -0.2) is 44.8 Å². The highest BCUT2D eigenvalue weighted by Crippen LogP contribution is 2.28. The summed E-state index contributed by atoms with van der Waals surface area (Å²) in [4.78, 5) is 23.3. The van der Waals surface area contributed by atoms with Gasteiger partial charge >= 0.3 is 0 Å². The minimum absolute atomic E-state index is 0.231. The maximum Gasteiger partial charge on any atom is 0.224 e. The third kappa shape index (κ3) is 3.79. The summed E-state index contributed by atoms with van der Waals surface area (Å²) in [5, 5.41) is 3.44. The molecule has 0 saturated carbocycles. The number of nitrogens with one attached hydrogen (secondary N) is 1. The first-order valence-electron chi connectivity index (χ1n) is 9.63. The van der Waals surface area contributed by atoms with E-state index in [-0.39, 0.29) is 5.91 Å². The Bertz CT molecular complexity index is 925. The summed E-state index contributed by atoms with van der Waals surface area (Å²) in [6, 6.07) is 8.33. The van der Waals surface area contributed by atoms with Crippen LogP contribution in [0.5, 0.6) is 0 Å². The second kappa shape index (κ2) is 7.78. The zero-order valence-electron chi connectivity index (χ0n) is 15.7. The van der Waals surface area contributed by atoms with Gasteiger partial charge in [-0.3, -0.25) is 14.2 Å².